The van der Waals surface area contributed by atoms with Gasteiger partial charge in [0, 0.05) is 5.56 Å². The van der Waals surface area contributed by atoms with Gasteiger partial charge in [-0.2, -0.15) is 5.10 Å². The minimum atomic E-state index is 0.246. The fourth-order valence-electron chi connectivity index (χ4n) is 1.71. The standard InChI is InChI=1S/C12H12N8/c13-9-10(14)16-19-12(9)20-18-11-8(6-15-17-11)7-4-2-1-3-5-7/h1-6H,13H2,(H,15,17)(H3,14,16,19). The van der Waals surface area contributed by atoms with Gasteiger partial charge in [0.15, 0.2) is 5.82 Å². The lowest BCUT2D eigenvalue weighted by molar-refractivity contribution is 1.03. The topological polar surface area (TPSA) is 134 Å². The minimum absolute atomic E-state index is 0.246. The van der Waals surface area contributed by atoms with Crippen LogP contribution >= 0.6 is 0 Å². The summed E-state index contributed by atoms with van der Waals surface area (Å²) in [5.41, 5.74) is 13.3. The maximum Gasteiger partial charge on any atom is 0.220 e. The summed E-state index contributed by atoms with van der Waals surface area (Å²) in [5, 5.41) is 21.2. The Hall–Kier alpha value is -3.16. The van der Waals surface area contributed by atoms with Gasteiger partial charge in [0.2, 0.25) is 5.82 Å². The average molecular weight is 268 g/mol. The van der Waals surface area contributed by atoms with Crippen LogP contribution in [0.3, 0.4) is 0 Å². The molecule has 0 aliphatic heterocycles. The van der Waals surface area contributed by atoms with Crippen molar-refractivity contribution in [1.29, 1.82) is 0 Å². The number of nitrogens with zero attached hydrogens (tertiary/aromatic N) is 4. The Morgan fingerprint density at radius 3 is 2.50 bits per heavy atom. The first-order chi connectivity index (χ1) is 9.75. The number of anilines is 2. The molecule has 0 aliphatic carbocycles. The number of azo groups is 1. The highest BCUT2D eigenvalue weighted by atomic mass is 15.3. The zero-order valence-electron chi connectivity index (χ0n) is 10.4. The Bertz CT molecular complexity index is 740. The fraction of sp³-hybridized carbons (Fsp3) is 0. The first-order valence-electron chi connectivity index (χ1n) is 5.85. The van der Waals surface area contributed by atoms with Gasteiger partial charge < -0.3 is 11.5 Å². The molecule has 0 saturated carbocycles. The van der Waals surface area contributed by atoms with Crippen LogP contribution in [-0.2, 0) is 0 Å². The smallest absolute Gasteiger partial charge is 0.220 e. The third kappa shape index (κ3) is 2.09. The number of aromatic nitrogens is 4. The predicted molar refractivity (Wildman–Crippen MR) is 75.6 cm³/mol. The SMILES string of the molecule is Nc1[nH]nc(N=Nc2[nH]ncc2-c2ccccc2)c1N. The molecule has 0 saturated heterocycles. The molecule has 100 valence electrons. The van der Waals surface area contributed by atoms with Crippen LogP contribution < -0.4 is 11.5 Å². The first-order valence-corrected chi connectivity index (χ1v) is 5.85. The lowest BCUT2D eigenvalue weighted by Crippen LogP contribution is -1.90. The molecule has 0 amide bonds. The number of H-pyrrole nitrogens is 2. The number of benzene rings is 1. The van der Waals surface area contributed by atoms with E-state index in [9.17, 15) is 0 Å². The van der Waals surface area contributed by atoms with Crippen LogP contribution in [0.2, 0.25) is 0 Å². The molecule has 3 aromatic rings. The van der Waals surface area contributed by atoms with E-state index in [1.54, 1.807) is 6.20 Å². The van der Waals surface area contributed by atoms with E-state index in [1.807, 2.05) is 30.3 Å². The third-order valence-electron chi connectivity index (χ3n) is 2.76. The number of rotatable bonds is 3. The number of nitrogens with one attached hydrogen (secondary N) is 2. The van der Waals surface area contributed by atoms with Crippen LogP contribution in [0, 0.1) is 0 Å². The second kappa shape index (κ2) is 4.84. The highest BCUT2D eigenvalue weighted by Crippen LogP contribution is 2.30. The van der Waals surface area contributed by atoms with E-state index >= 15 is 0 Å². The molecule has 2 aromatic heterocycles. The van der Waals surface area contributed by atoms with Crippen molar-refractivity contribution in [3.8, 4) is 11.1 Å². The molecule has 0 aliphatic rings. The largest absolute Gasteiger partial charge is 0.393 e. The molecule has 3 rings (SSSR count). The third-order valence-corrected chi connectivity index (χ3v) is 2.76. The van der Waals surface area contributed by atoms with Crippen molar-refractivity contribution in [2.45, 2.75) is 0 Å². The van der Waals surface area contributed by atoms with Gasteiger partial charge in [0.1, 0.15) is 11.5 Å². The van der Waals surface area contributed by atoms with Crippen molar-refractivity contribution in [2.24, 2.45) is 10.2 Å². The highest BCUT2D eigenvalue weighted by Gasteiger charge is 2.09. The van der Waals surface area contributed by atoms with Crippen molar-refractivity contribution >= 4 is 23.1 Å². The van der Waals surface area contributed by atoms with Crippen molar-refractivity contribution < 1.29 is 0 Å². The second-order valence-corrected chi connectivity index (χ2v) is 4.07. The van der Waals surface area contributed by atoms with Gasteiger partial charge in [0.25, 0.3) is 0 Å². The summed E-state index contributed by atoms with van der Waals surface area (Å²) < 4.78 is 0. The van der Waals surface area contributed by atoms with Crippen molar-refractivity contribution in [3.63, 3.8) is 0 Å². The predicted octanol–water partition coefficient (Wildman–Crippen LogP) is 2.38. The number of nitrogens with two attached hydrogens (primary N) is 2. The molecule has 8 heteroatoms. The zero-order chi connectivity index (χ0) is 13.9. The van der Waals surface area contributed by atoms with E-state index in [2.05, 4.69) is 30.6 Å². The van der Waals surface area contributed by atoms with Crippen LogP contribution in [0.5, 0.6) is 0 Å². The van der Waals surface area contributed by atoms with Gasteiger partial charge in [-0.3, -0.25) is 10.2 Å². The van der Waals surface area contributed by atoms with E-state index in [-0.39, 0.29) is 17.3 Å². The van der Waals surface area contributed by atoms with E-state index in [4.69, 9.17) is 11.5 Å². The summed E-state index contributed by atoms with van der Waals surface area (Å²) in [6.45, 7) is 0. The first kappa shape index (κ1) is 11.9. The molecule has 2 heterocycles. The Kier molecular flexibility index (Phi) is 2.88. The highest BCUT2D eigenvalue weighted by molar-refractivity contribution is 5.73. The minimum Gasteiger partial charge on any atom is -0.393 e. The Balaban J connectivity index is 1.93. The molecule has 8 nitrogen and oxygen atoms in total. The monoisotopic (exact) mass is 268 g/mol. The van der Waals surface area contributed by atoms with Gasteiger partial charge in [-0.25, -0.2) is 0 Å². The number of hydrogen-bond donors (Lipinski definition) is 4. The van der Waals surface area contributed by atoms with Crippen molar-refractivity contribution in [3.05, 3.63) is 36.5 Å². The van der Waals surface area contributed by atoms with Gasteiger partial charge in [-0.15, -0.1) is 15.3 Å². The molecule has 20 heavy (non-hydrogen) atoms. The van der Waals surface area contributed by atoms with Crippen LogP contribution in [0.25, 0.3) is 11.1 Å². The van der Waals surface area contributed by atoms with Crippen molar-refractivity contribution in [2.75, 3.05) is 11.5 Å². The summed E-state index contributed by atoms with van der Waals surface area (Å²) in [7, 11) is 0. The summed E-state index contributed by atoms with van der Waals surface area (Å²) in [6.07, 6.45) is 1.69. The van der Waals surface area contributed by atoms with Crippen LogP contribution in [0.15, 0.2) is 46.8 Å². The summed E-state index contributed by atoms with van der Waals surface area (Å²) in [5.74, 6) is 1.04. The molecule has 0 bridgehead atoms. The van der Waals surface area contributed by atoms with Crippen molar-refractivity contribution in [1.82, 2.24) is 20.4 Å². The average Bonchev–Trinajstić information content (AvgIpc) is 3.07. The molecule has 0 unspecified atom stereocenters. The maximum absolute atomic E-state index is 5.69. The zero-order valence-corrected chi connectivity index (χ0v) is 10.4. The molecule has 0 atom stereocenters. The number of hydrogen-bond acceptors (Lipinski definition) is 6. The lowest BCUT2D eigenvalue weighted by atomic mass is 10.1. The van der Waals surface area contributed by atoms with E-state index < -0.39 is 0 Å². The number of aromatic amines is 2. The van der Waals surface area contributed by atoms with Crippen LogP contribution in [-0.4, -0.2) is 20.4 Å². The van der Waals surface area contributed by atoms with E-state index in [0.717, 1.165) is 11.1 Å². The van der Waals surface area contributed by atoms with Gasteiger partial charge in [-0.05, 0) is 5.56 Å². The van der Waals surface area contributed by atoms with Gasteiger partial charge in [0.05, 0.1) is 6.20 Å². The second-order valence-electron chi connectivity index (χ2n) is 4.07. The maximum atomic E-state index is 5.69. The molecule has 6 N–H and O–H groups in total. The molecule has 0 radical (unpaired) electrons. The van der Waals surface area contributed by atoms with E-state index in [1.165, 1.54) is 0 Å². The summed E-state index contributed by atoms with van der Waals surface area (Å²) >= 11 is 0. The summed E-state index contributed by atoms with van der Waals surface area (Å²) in [6, 6.07) is 9.75. The normalized spacial score (nSPS) is 11.2. The molecular formula is C12H12N8. The summed E-state index contributed by atoms with van der Waals surface area (Å²) in [4.78, 5) is 0. The van der Waals surface area contributed by atoms with E-state index in [0.29, 0.717) is 5.82 Å². The van der Waals surface area contributed by atoms with Crippen LogP contribution in [0.4, 0.5) is 23.1 Å². The molecular weight excluding hydrogens is 256 g/mol. The molecule has 0 spiro atoms. The molecule has 1 aromatic carbocycles. The lowest BCUT2D eigenvalue weighted by Gasteiger charge is -1.97. The Morgan fingerprint density at radius 2 is 1.80 bits per heavy atom. The van der Waals surface area contributed by atoms with Crippen LogP contribution in [0.1, 0.15) is 0 Å². The number of nitrogen functional groups attached to an aromatic ring is 2. The van der Waals surface area contributed by atoms with Gasteiger partial charge in [-0.1, -0.05) is 30.3 Å². The van der Waals surface area contributed by atoms with Gasteiger partial charge >= 0.3 is 0 Å². The Morgan fingerprint density at radius 1 is 1.00 bits per heavy atom. The molecule has 0 fully saturated rings. The fourth-order valence-corrected chi connectivity index (χ4v) is 1.71. The quantitative estimate of drug-likeness (QED) is 0.542. The Labute approximate surface area is 113 Å².